The summed E-state index contributed by atoms with van der Waals surface area (Å²) in [4.78, 5) is 37.1. The smallest absolute Gasteiger partial charge is 0.326 e. The Morgan fingerprint density at radius 3 is 2.25 bits per heavy atom. The van der Waals surface area contributed by atoms with E-state index in [9.17, 15) is 19.5 Å². The van der Waals surface area contributed by atoms with Gasteiger partial charge in [-0.1, -0.05) is 62.4 Å². The maximum atomic E-state index is 12.8. The Morgan fingerprint density at radius 2 is 1.64 bits per heavy atom. The molecule has 0 aliphatic heterocycles. The largest absolute Gasteiger partial charge is 0.480 e. The second kappa shape index (κ2) is 8.04. The summed E-state index contributed by atoms with van der Waals surface area (Å²) in [5, 5.41) is 16.9. The van der Waals surface area contributed by atoms with E-state index in [0.717, 1.165) is 5.56 Å². The first-order valence-electron chi connectivity index (χ1n) is 8.96. The van der Waals surface area contributed by atoms with Crippen LogP contribution in [0.25, 0.3) is 10.8 Å². The number of benzene rings is 2. The molecule has 2 N–H and O–H groups in total. The van der Waals surface area contributed by atoms with E-state index in [-0.39, 0.29) is 23.7 Å². The monoisotopic (exact) mass is 379 g/mol. The predicted molar refractivity (Wildman–Crippen MR) is 105 cm³/mol. The van der Waals surface area contributed by atoms with Gasteiger partial charge < -0.3 is 10.4 Å². The number of nitrogens with one attached hydrogen (secondary N) is 1. The SMILES string of the molecule is CC(C)[C@H](NC(=O)c1nn(Cc2ccccc2)c(=O)c2ccccc12)C(=O)O. The molecule has 1 aromatic heterocycles. The summed E-state index contributed by atoms with van der Waals surface area (Å²) in [7, 11) is 0. The number of carbonyl (C=O) groups excluding carboxylic acids is 1. The van der Waals surface area contributed by atoms with Gasteiger partial charge in [0.2, 0.25) is 0 Å². The van der Waals surface area contributed by atoms with Crippen molar-refractivity contribution in [1.82, 2.24) is 15.1 Å². The summed E-state index contributed by atoms with van der Waals surface area (Å²) >= 11 is 0. The molecule has 3 aromatic rings. The van der Waals surface area contributed by atoms with Crippen molar-refractivity contribution in [3.05, 3.63) is 76.2 Å². The minimum absolute atomic E-state index is 0.0260. The van der Waals surface area contributed by atoms with Crippen molar-refractivity contribution in [1.29, 1.82) is 0 Å². The first kappa shape index (κ1) is 19.3. The average molecular weight is 379 g/mol. The maximum absolute atomic E-state index is 12.8. The molecule has 0 unspecified atom stereocenters. The van der Waals surface area contributed by atoms with Crippen molar-refractivity contribution >= 4 is 22.6 Å². The molecule has 7 nitrogen and oxygen atoms in total. The number of carboxylic acid groups (broad SMARTS) is 1. The summed E-state index contributed by atoms with van der Waals surface area (Å²) < 4.78 is 1.23. The van der Waals surface area contributed by atoms with Gasteiger partial charge in [-0.15, -0.1) is 0 Å². The number of amides is 1. The summed E-state index contributed by atoms with van der Waals surface area (Å²) in [6.45, 7) is 3.62. The number of hydrogen-bond donors (Lipinski definition) is 2. The van der Waals surface area contributed by atoms with E-state index in [0.29, 0.717) is 10.8 Å². The number of nitrogens with zero attached hydrogens (tertiary/aromatic N) is 2. The standard InChI is InChI=1S/C21H21N3O4/c1-13(2)17(21(27)28)22-19(25)18-15-10-6-7-11-16(15)20(26)24(23-18)12-14-8-4-3-5-9-14/h3-11,13,17H,12H2,1-2H3,(H,22,25)(H,27,28)/t17-/m0/s1. The predicted octanol–water partition coefficient (Wildman–Crippen LogP) is 2.28. The maximum Gasteiger partial charge on any atom is 0.326 e. The van der Waals surface area contributed by atoms with E-state index >= 15 is 0 Å². The highest BCUT2D eigenvalue weighted by atomic mass is 16.4. The molecule has 0 saturated carbocycles. The van der Waals surface area contributed by atoms with E-state index in [1.165, 1.54) is 4.68 Å². The Kier molecular flexibility index (Phi) is 5.54. The van der Waals surface area contributed by atoms with Gasteiger partial charge in [0.15, 0.2) is 5.69 Å². The Balaban J connectivity index is 2.08. The first-order chi connectivity index (χ1) is 13.4. The first-order valence-corrected chi connectivity index (χ1v) is 8.96. The number of rotatable bonds is 6. The molecule has 1 amide bonds. The van der Waals surface area contributed by atoms with Crippen LogP contribution in [-0.2, 0) is 11.3 Å². The van der Waals surface area contributed by atoms with Crippen LogP contribution in [-0.4, -0.2) is 32.8 Å². The van der Waals surface area contributed by atoms with E-state index in [1.54, 1.807) is 38.1 Å². The van der Waals surface area contributed by atoms with Crippen LogP contribution in [0.1, 0.15) is 29.9 Å². The number of hydrogen-bond acceptors (Lipinski definition) is 4. The molecule has 0 spiro atoms. The molecule has 1 atom stereocenters. The fraction of sp³-hybridized carbons (Fsp3) is 0.238. The lowest BCUT2D eigenvalue weighted by atomic mass is 10.0. The van der Waals surface area contributed by atoms with Crippen molar-refractivity contribution in [2.24, 2.45) is 5.92 Å². The Morgan fingerprint density at radius 1 is 1.04 bits per heavy atom. The fourth-order valence-corrected chi connectivity index (χ4v) is 2.99. The van der Waals surface area contributed by atoms with E-state index < -0.39 is 17.9 Å². The van der Waals surface area contributed by atoms with Crippen molar-refractivity contribution in [2.75, 3.05) is 0 Å². The topological polar surface area (TPSA) is 101 Å². The van der Waals surface area contributed by atoms with Crippen molar-refractivity contribution in [2.45, 2.75) is 26.4 Å². The quantitative estimate of drug-likeness (QED) is 0.684. The van der Waals surface area contributed by atoms with Gasteiger partial charge in [0.1, 0.15) is 6.04 Å². The zero-order chi connectivity index (χ0) is 20.3. The van der Waals surface area contributed by atoms with Crippen LogP contribution in [0, 0.1) is 5.92 Å². The van der Waals surface area contributed by atoms with Gasteiger partial charge in [-0.25, -0.2) is 9.48 Å². The van der Waals surface area contributed by atoms with Gasteiger partial charge in [0.25, 0.3) is 11.5 Å². The Hall–Kier alpha value is -3.48. The number of carbonyl (C=O) groups is 2. The van der Waals surface area contributed by atoms with Crippen LogP contribution in [0.4, 0.5) is 0 Å². The van der Waals surface area contributed by atoms with Crippen molar-refractivity contribution in [3.63, 3.8) is 0 Å². The minimum Gasteiger partial charge on any atom is -0.480 e. The second-order valence-corrected chi connectivity index (χ2v) is 6.88. The van der Waals surface area contributed by atoms with Crippen LogP contribution in [0.15, 0.2) is 59.4 Å². The zero-order valence-corrected chi connectivity index (χ0v) is 15.6. The van der Waals surface area contributed by atoms with Crippen molar-refractivity contribution in [3.8, 4) is 0 Å². The molecule has 0 aliphatic rings. The van der Waals surface area contributed by atoms with Gasteiger partial charge in [-0.2, -0.15) is 5.10 Å². The number of fused-ring (bicyclic) bond motifs is 1. The number of carboxylic acids is 1. The van der Waals surface area contributed by atoms with Crippen LogP contribution >= 0.6 is 0 Å². The molecule has 0 radical (unpaired) electrons. The summed E-state index contributed by atoms with van der Waals surface area (Å²) in [6.07, 6.45) is 0. The Labute approximate surface area is 161 Å². The molecule has 7 heteroatoms. The van der Waals surface area contributed by atoms with Crippen LogP contribution in [0.3, 0.4) is 0 Å². The highest BCUT2D eigenvalue weighted by Gasteiger charge is 2.26. The third kappa shape index (κ3) is 3.93. The number of aliphatic carboxylic acids is 1. The van der Waals surface area contributed by atoms with Crippen LogP contribution in [0.5, 0.6) is 0 Å². The van der Waals surface area contributed by atoms with E-state index in [4.69, 9.17) is 0 Å². The molecule has 3 rings (SSSR count). The molecular weight excluding hydrogens is 358 g/mol. The molecular formula is C21H21N3O4. The van der Waals surface area contributed by atoms with Gasteiger partial charge in [0.05, 0.1) is 11.9 Å². The lowest BCUT2D eigenvalue weighted by Crippen LogP contribution is -2.45. The summed E-state index contributed by atoms with van der Waals surface area (Å²) in [5.41, 5.74) is 0.581. The minimum atomic E-state index is -1.12. The average Bonchev–Trinajstić information content (AvgIpc) is 2.68. The molecule has 144 valence electrons. The fourth-order valence-electron chi connectivity index (χ4n) is 2.99. The molecule has 0 bridgehead atoms. The highest BCUT2D eigenvalue weighted by molar-refractivity contribution is 6.05. The molecule has 28 heavy (non-hydrogen) atoms. The van der Waals surface area contributed by atoms with Crippen molar-refractivity contribution < 1.29 is 14.7 Å². The van der Waals surface area contributed by atoms with E-state index in [1.807, 2.05) is 30.3 Å². The summed E-state index contributed by atoms with van der Waals surface area (Å²) in [6, 6.07) is 14.9. The molecule has 2 aromatic carbocycles. The van der Waals surface area contributed by atoms with Gasteiger partial charge in [-0.05, 0) is 17.5 Å². The van der Waals surface area contributed by atoms with E-state index in [2.05, 4.69) is 10.4 Å². The molecule has 0 saturated heterocycles. The molecule has 0 fully saturated rings. The third-order valence-electron chi connectivity index (χ3n) is 4.48. The van der Waals surface area contributed by atoms with Gasteiger partial charge in [0, 0.05) is 5.39 Å². The lowest BCUT2D eigenvalue weighted by Gasteiger charge is -2.18. The number of aromatic nitrogens is 2. The Bertz CT molecular complexity index is 1070. The summed E-state index contributed by atoms with van der Waals surface area (Å²) in [5.74, 6) is -2.05. The van der Waals surface area contributed by atoms with Crippen LogP contribution in [0.2, 0.25) is 0 Å². The lowest BCUT2D eigenvalue weighted by molar-refractivity contribution is -0.140. The zero-order valence-electron chi connectivity index (χ0n) is 15.6. The van der Waals surface area contributed by atoms with Crippen LogP contribution < -0.4 is 10.9 Å². The second-order valence-electron chi connectivity index (χ2n) is 6.88. The molecule has 1 heterocycles. The van der Waals surface area contributed by atoms with Gasteiger partial charge in [-0.3, -0.25) is 9.59 Å². The molecule has 0 aliphatic carbocycles. The normalized spacial score (nSPS) is 12.1. The highest BCUT2D eigenvalue weighted by Crippen LogP contribution is 2.15. The van der Waals surface area contributed by atoms with Gasteiger partial charge >= 0.3 is 5.97 Å². The third-order valence-corrected chi connectivity index (χ3v) is 4.48.